The summed E-state index contributed by atoms with van der Waals surface area (Å²) in [6, 6.07) is 13.3. The van der Waals surface area contributed by atoms with Gasteiger partial charge in [0.1, 0.15) is 23.2 Å². The molecule has 1 aromatic heterocycles. The quantitative estimate of drug-likeness (QED) is 0.571. The summed E-state index contributed by atoms with van der Waals surface area (Å²) < 4.78 is 0. The van der Waals surface area contributed by atoms with Crippen LogP contribution in [0.3, 0.4) is 0 Å². The summed E-state index contributed by atoms with van der Waals surface area (Å²) in [6.45, 7) is 0. The van der Waals surface area contributed by atoms with Gasteiger partial charge in [0.25, 0.3) is 5.69 Å². The maximum Gasteiger partial charge on any atom is 0.288 e. The zero-order chi connectivity index (χ0) is 17.1. The Morgan fingerprint density at radius 1 is 1.25 bits per heavy atom. The van der Waals surface area contributed by atoms with Gasteiger partial charge in [0.2, 0.25) is 0 Å². The van der Waals surface area contributed by atoms with Crippen LogP contribution in [0.1, 0.15) is 11.6 Å². The number of aromatic nitrogens is 2. The molecule has 118 valence electrons. The fraction of sp³-hybridized carbons (Fsp3) is 0.0625. The minimum atomic E-state index is -0.654. The van der Waals surface area contributed by atoms with Gasteiger partial charge in [-0.3, -0.25) is 10.1 Å². The number of nitro benzene ring substituents is 1. The molecule has 1 N–H and O–H groups in total. The topological polar surface area (TPSA) is 105 Å². The second-order valence-corrected chi connectivity index (χ2v) is 5.32. The van der Waals surface area contributed by atoms with Gasteiger partial charge in [0, 0.05) is 11.5 Å². The molecule has 0 aliphatic heterocycles. The van der Waals surface area contributed by atoms with E-state index in [-0.39, 0.29) is 10.7 Å². The zero-order valence-electron chi connectivity index (χ0n) is 12.2. The van der Waals surface area contributed by atoms with Gasteiger partial charge in [-0.05, 0) is 11.6 Å². The normalized spacial score (nSPS) is 11.7. The predicted octanol–water partition coefficient (Wildman–Crippen LogP) is 3.87. The van der Waals surface area contributed by atoms with E-state index in [9.17, 15) is 15.4 Å². The summed E-state index contributed by atoms with van der Waals surface area (Å²) in [5.41, 5.74) is 0.971. The molecular formula is C16H10ClN5O2. The first-order valence-corrected chi connectivity index (χ1v) is 7.27. The number of halogens is 1. The van der Waals surface area contributed by atoms with Crippen molar-refractivity contribution in [3.05, 3.63) is 69.5 Å². The maximum absolute atomic E-state index is 11.1. The summed E-state index contributed by atoms with van der Waals surface area (Å²) in [5.74, 6) is 0.329. The highest BCUT2D eigenvalue weighted by Crippen LogP contribution is 2.32. The second kappa shape index (κ2) is 6.48. The van der Waals surface area contributed by atoms with Gasteiger partial charge >= 0.3 is 0 Å². The van der Waals surface area contributed by atoms with Crippen molar-refractivity contribution >= 4 is 34.0 Å². The van der Waals surface area contributed by atoms with Gasteiger partial charge < -0.3 is 5.32 Å². The van der Waals surface area contributed by atoms with Gasteiger partial charge in [0.15, 0.2) is 0 Å². The molecule has 3 rings (SSSR count). The first-order chi connectivity index (χ1) is 11.6. The molecule has 0 fully saturated rings. The minimum absolute atomic E-state index is 0.00274. The van der Waals surface area contributed by atoms with Crippen molar-refractivity contribution in [1.82, 2.24) is 9.97 Å². The number of fused-ring (bicyclic) bond motifs is 1. The number of nitriles is 1. The first-order valence-electron chi connectivity index (χ1n) is 6.90. The van der Waals surface area contributed by atoms with E-state index in [4.69, 9.17) is 11.6 Å². The van der Waals surface area contributed by atoms with Gasteiger partial charge in [-0.1, -0.05) is 41.9 Å². The molecule has 3 aromatic rings. The number of nitrogens with one attached hydrogen (secondary N) is 1. The molecule has 1 heterocycles. The third-order valence-electron chi connectivity index (χ3n) is 3.44. The highest BCUT2D eigenvalue weighted by Gasteiger charge is 2.18. The van der Waals surface area contributed by atoms with Crippen molar-refractivity contribution < 1.29 is 4.92 Å². The number of nitro groups is 1. The summed E-state index contributed by atoms with van der Waals surface area (Å²) in [4.78, 5) is 18.7. The van der Waals surface area contributed by atoms with Crippen molar-refractivity contribution in [2.24, 2.45) is 0 Å². The molecule has 0 aliphatic rings. The SMILES string of the molecule is N#CC(Nc1ncnc2cc(Cl)c([N+](=O)[O-])cc12)c1ccccc1. The molecule has 0 amide bonds. The van der Waals surface area contributed by atoms with Crippen LogP contribution in [0.25, 0.3) is 10.9 Å². The largest absolute Gasteiger partial charge is 0.350 e. The number of benzene rings is 2. The molecular weight excluding hydrogens is 330 g/mol. The second-order valence-electron chi connectivity index (χ2n) is 4.92. The summed E-state index contributed by atoms with van der Waals surface area (Å²) in [6.07, 6.45) is 1.31. The van der Waals surface area contributed by atoms with Crippen LogP contribution in [0.15, 0.2) is 48.8 Å². The molecule has 7 nitrogen and oxygen atoms in total. The fourth-order valence-electron chi connectivity index (χ4n) is 2.29. The van der Waals surface area contributed by atoms with E-state index in [1.807, 2.05) is 30.3 Å². The van der Waals surface area contributed by atoms with Crippen LogP contribution < -0.4 is 5.32 Å². The average Bonchev–Trinajstić information content (AvgIpc) is 2.59. The van der Waals surface area contributed by atoms with Crippen molar-refractivity contribution in [1.29, 1.82) is 5.26 Å². The van der Waals surface area contributed by atoms with Crippen molar-refractivity contribution in [2.45, 2.75) is 6.04 Å². The Morgan fingerprint density at radius 2 is 2.00 bits per heavy atom. The molecule has 0 radical (unpaired) electrons. The predicted molar refractivity (Wildman–Crippen MR) is 89.6 cm³/mol. The molecule has 1 unspecified atom stereocenters. The van der Waals surface area contributed by atoms with Crippen molar-refractivity contribution in [2.75, 3.05) is 5.32 Å². The van der Waals surface area contributed by atoms with E-state index < -0.39 is 11.0 Å². The van der Waals surface area contributed by atoms with E-state index in [2.05, 4.69) is 21.4 Å². The summed E-state index contributed by atoms with van der Waals surface area (Å²) in [5, 5.41) is 23.9. The zero-order valence-corrected chi connectivity index (χ0v) is 12.9. The maximum atomic E-state index is 11.1. The molecule has 8 heteroatoms. The van der Waals surface area contributed by atoms with Crippen LogP contribution in [0.2, 0.25) is 5.02 Å². The van der Waals surface area contributed by atoms with Crippen LogP contribution in [0, 0.1) is 21.4 Å². The Kier molecular flexibility index (Phi) is 4.22. The monoisotopic (exact) mass is 339 g/mol. The molecule has 0 bridgehead atoms. The Bertz CT molecular complexity index is 956. The molecule has 0 saturated carbocycles. The highest BCUT2D eigenvalue weighted by atomic mass is 35.5. The lowest BCUT2D eigenvalue weighted by Gasteiger charge is -2.14. The number of nitrogens with zero attached hydrogens (tertiary/aromatic N) is 4. The number of anilines is 1. The number of hydrogen-bond donors (Lipinski definition) is 1. The van der Waals surface area contributed by atoms with Gasteiger partial charge in [-0.2, -0.15) is 5.26 Å². The fourth-order valence-corrected chi connectivity index (χ4v) is 2.52. The Labute approximate surface area is 141 Å². The highest BCUT2D eigenvalue weighted by molar-refractivity contribution is 6.33. The van der Waals surface area contributed by atoms with E-state index in [1.54, 1.807) is 0 Å². The minimum Gasteiger partial charge on any atom is -0.350 e. The smallest absolute Gasteiger partial charge is 0.288 e. The lowest BCUT2D eigenvalue weighted by Crippen LogP contribution is -2.10. The van der Waals surface area contributed by atoms with E-state index >= 15 is 0 Å². The first kappa shape index (κ1) is 15.6. The molecule has 0 aliphatic carbocycles. The van der Waals surface area contributed by atoms with Crippen LogP contribution in [0.5, 0.6) is 0 Å². The van der Waals surface area contributed by atoms with Crippen LogP contribution in [0.4, 0.5) is 11.5 Å². The average molecular weight is 340 g/mol. The summed E-state index contributed by atoms with van der Waals surface area (Å²) >= 11 is 5.90. The number of rotatable bonds is 4. The summed E-state index contributed by atoms with van der Waals surface area (Å²) in [7, 11) is 0. The lowest BCUT2D eigenvalue weighted by atomic mass is 10.1. The molecule has 24 heavy (non-hydrogen) atoms. The molecule has 2 aromatic carbocycles. The van der Waals surface area contributed by atoms with Gasteiger partial charge in [-0.25, -0.2) is 9.97 Å². The number of hydrogen-bond acceptors (Lipinski definition) is 6. The third kappa shape index (κ3) is 2.95. The standard InChI is InChI=1S/C16H10ClN5O2/c17-12-7-13-11(6-15(12)22(23)24)16(20-9-19-13)21-14(8-18)10-4-2-1-3-5-10/h1-7,9,14H,(H,19,20,21). The lowest BCUT2D eigenvalue weighted by molar-refractivity contribution is -0.384. The van der Waals surface area contributed by atoms with Crippen LogP contribution in [-0.2, 0) is 0 Å². The van der Waals surface area contributed by atoms with E-state index in [1.165, 1.54) is 18.5 Å². The molecule has 0 spiro atoms. The Balaban J connectivity index is 2.08. The third-order valence-corrected chi connectivity index (χ3v) is 3.75. The van der Waals surface area contributed by atoms with Crippen molar-refractivity contribution in [3.63, 3.8) is 0 Å². The van der Waals surface area contributed by atoms with Crippen LogP contribution >= 0.6 is 11.6 Å². The molecule has 1 atom stereocenters. The molecule has 0 saturated heterocycles. The Hall–Kier alpha value is -3.24. The van der Waals surface area contributed by atoms with E-state index in [0.29, 0.717) is 16.7 Å². The van der Waals surface area contributed by atoms with Gasteiger partial charge in [0.05, 0.1) is 16.5 Å². The van der Waals surface area contributed by atoms with Gasteiger partial charge in [-0.15, -0.1) is 0 Å². The van der Waals surface area contributed by atoms with E-state index in [0.717, 1.165) is 5.56 Å². The van der Waals surface area contributed by atoms with Crippen LogP contribution in [-0.4, -0.2) is 14.9 Å². The van der Waals surface area contributed by atoms with Crippen molar-refractivity contribution in [3.8, 4) is 6.07 Å². The Morgan fingerprint density at radius 3 is 2.67 bits per heavy atom.